The van der Waals surface area contributed by atoms with E-state index < -0.39 is 18.3 Å². The number of aromatic amines is 1. The number of hydrogen-bond acceptors (Lipinski definition) is 4. The Kier molecular flexibility index (Phi) is 6.51. The molecule has 1 atom stereocenters. The number of pyridine rings is 1. The van der Waals surface area contributed by atoms with E-state index in [-0.39, 0.29) is 22.4 Å². The number of carbonyl (C=O) groups excluding carboxylic acids is 1. The zero-order valence-electron chi connectivity index (χ0n) is 19.7. The molecule has 10 heteroatoms. The quantitative estimate of drug-likeness (QED) is 0.300. The van der Waals surface area contributed by atoms with Crippen molar-refractivity contribution in [2.45, 2.75) is 58.1 Å². The number of fused-ring (bicyclic) bond motifs is 1. The minimum Gasteiger partial charge on any atom is -0.434 e. The standard InChI is InChI=1S/C26H24ClF3N4O2/c1-13(23-22(36-26(29)30)8-7-21(28)24(23)27)19-11-32-25-18(19)9-15(10-31-25)20-12-33-34(14(20)2)16-3-5-17(35)6-4-16/h7-13,16,26H,3-6H2,1-2H3,(H,31,32)/t13-/m0/s1. The molecular weight excluding hydrogens is 493 g/mol. The molecular formula is C26H24ClF3N4O2. The van der Waals surface area contributed by atoms with Crippen LogP contribution in [0.4, 0.5) is 13.2 Å². The van der Waals surface area contributed by atoms with Gasteiger partial charge in [0, 0.05) is 58.9 Å². The summed E-state index contributed by atoms with van der Waals surface area (Å²) in [4.78, 5) is 19.3. The molecule has 0 spiro atoms. The Balaban J connectivity index is 1.54. The predicted octanol–water partition coefficient (Wildman–Crippen LogP) is 6.96. The smallest absolute Gasteiger partial charge is 0.387 e. The number of carbonyl (C=O) groups is 1. The third-order valence-corrected chi connectivity index (χ3v) is 7.37. The van der Waals surface area contributed by atoms with Crippen molar-refractivity contribution in [3.8, 4) is 16.9 Å². The second-order valence-electron chi connectivity index (χ2n) is 9.10. The highest BCUT2D eigenvalue weighted by atomic mass is 35.5. The Bertz CT molecular complexity index is 1440. The van der Waals surface area contributed by atoms with E-state index in [2.05, 4.69) is 19.8 Å². The zero-order chi connectivity index (χ0) is 25.6. The summed E-state index contributed by atoms with van der Waals surface area (Å²) in [6.45, 7) is 0.668. The van der Waals surface area contributed by atoms with Gasteiger partial charge < -0.3 is 9.72 Å². The summed E-state index contributed by atoms with van der Waals surface area (Å²) < 4.78 is 47.0. The van der Waals surface area contributed by atoms with Gasteiger partial charge in [0.25, 0.3) is 0 Å². The predicted molar refractivity (Wildman–Crippen MR) is 130 cm³/mol. The summed E-state index contributed by atoms with van der Waals surface area (Å²) in [5, 5.41) is 5.08. The normalized spacial score (nSPS) is 15.7. The number of nitrogens with zero attached hydrogens (tertiary/aromatic N) is 3. The Morgan fingerprint density at radius 2 is 1.97 bits per heavy atom. The Labute approximate surface area is 210 Å². The molecule has 6 nitrogen and oxygen atoms in total. The van der Waals surface area contributed by atoms with E-state index in [1.165, 1.54) is 0 Å². The molecule has 1 N–H and O–H groups in total. The molecule has 188 valence electrons. The van der Waals surface area contributed by atoms with Gasteiger partial charge in [-0.05, 0) is 43.5 Å². The monoisotopic (exact) mass is 516 g/mol. The molecule has 36 heavy (non-hydrogen) atoms. The lowest BCUT2D eigenvalue weighted by molar-refractivity contribution is -0.120. The summed E-state index contributed by atoms with van der Waals surface area (Å²) in [6.07, 6.45) is 7.93. The summed E-state index contributed by atoms with van der Waals surface area (Å²) in [7, 11) is 0. The van der Waals surface area contributed by atoms with Gasteiger partial charge >= 0.3 is 6.61 Å². The first-order valence-corrected chi connectivity index (χ1v) is 12.1. The second kappa shape index (κ2) is 9.61. The molecule has 3 heterocycles. The van der Waals surface area contributed by atoms with E-state index in [0.29, 0.717) is 29.8 Å². The van der Waals surface area contributed by atoms with E-state index in [4.69, 9.17) is 11.6 Å². The van der Waals surface area contributed by atoms with Crippen LogP contribution in [0.2, 0.25) is 5.02 Å². The molecule has 0 bridgehead atoms. The molecule has 1 saturated carbocycles. The van der Waals surface area contributed by atoms with Crippen LogP contribution in [-0.2, 0) is 4.79 Å². The number of aromatic nitrogens is 4. The van der Waals surface area contributed by atoms with Crippen molar-refractivity contribution in [1.29, 1.82) is 0 Å². The number of rotatable bonds is 6. The topological polar surface area (TPSA) is 72.8 Å². The molecule has 1 aliphatic rings. The average molecular weight is 517 g/mol. The van der Waals surface area contributed by atoms with Gasteiger partial charge in [0.2, 0.25) is 0 Å². The highest BCUT2D eigenvalue weighted by Crippen LogP contribution is 2.41. The number of Topliss-reactive ketones (excluding diaryl/α,β-unsaturated/α-hetero) is 1. The first kappa shape index (κ1) is 24.4. The Morgan fingerprint density at radius 1 is 1.22 bits per heavy atom. The molecule has 1 aliphatic carbocycles. The van der Waals surface area contributed by atoms with Crippen LogP contribution in [0.15, 0.2) is 36.8 Å². The highest BCUT2D eigenvalue weighted by molar-refractivity contribution is 6.31. The first-order valence-electron chi connectivity index (χ1n) is 11.7. The SMILES string of the molecule is Cc1c(-c2cnc3[nH]cc([C@H](C)c4c(OC(F)F)ccc(F)c4Cl)c3c2)cnn1C1CCC(=O)CC1. The number of hydrogen-bond donors (Lipinski definition) is 1. The zero-order valence-corrected chi connectivity index (χ0v) is 20.5. The van der Waals surface area contributed by atoms with Crippen LogP contribution in [0.1, 0.15) is 61.4 Å². The fourth-order valence-corrected chi connectivity index (χ4v) is 5.40. The fourth-order valence-electron chi connectivity index (χ4n) is 5.08. The molecule has 0 amide bonds. The summed E-state index contributed by atoms with van der Waals surface area (Å²) in [5.74, 6) is -1.17. The van der Waals surface area contributed by atoms with Crippen LogP contribution < -0.4 is 4.74 Å². The minimum atomic E-state index is -3.07. The summed E-state index contributed by atoms with van der Waals surface area (Å²) >= 11 is 6.22. The average Bonchev–Trinajstić information content (AvgIpc) is 3.44. The van der Waals surface area contributed by atoms with Crippen molar-refractivity contribution in [1.82, 2.24) is 19.7 Å². The molecule has 1 aromatic carbocycles. The number of halogens is 4. The van der Waals surface area contributed by atoms with Gasteiger partial charge in [-0.3, -0.25) is 9.48 Å². The Morgan fingerprint density at radius 3 is 2.69 bits per heavy atom. The van der Waals surface area contributed by atoms with Gasteiger partial charge in [-0.2, -0.15) is 13.9 Å². The summed E-state index contributed by atoms with van der Waals surface area (Å²) in [5.41, 5.74) is 4.16. The van der Waals surface area contributed by atoms with Gasteiger partial charge in [0.1, 0.15) is 23.0 Å². The lowest BCUT2D eigenvalue weighted by atomic mass is 9.91. The fraction of sp³-hybridized carbons (Fsp3) is 0.346. The first-order chi connectivity index (χ1) is 17.2. The third-order valence-electron chi connectivity index (χ3n) is 6.99. The molecule has 0 aliphatic heterocycles. The minimum absolute atomic E-state index is 0.138. The van der Waals surface area contributed by atoms with Crippen molar-refractivity contribution >= 4 is 28.4 Å². The molecule has 5 rings (SSSR count). The van der Waals surface area contributed by atoms with Crippen LogP contribution in [0, 0.1) is 12.7 Å². The van der Waals surface area contributed by atoms with Crippen LogP contribution in [-0.4, -0.2) is 32.1 Å². The lowest BCUT2D eigenvalue weighted by Gasteiger charge is -2.22. The second-order valence-corrected chi connectivity index (χ2v) is 9.47. The Hall–Kier alpha value is -3.33. The van der Waals surface area contributed by atoms with Gasteiger partial charge in [-0.1, -0.05) is 18.5 Å². The number of H-pyrrole nitrogens is 1. The van der Waals surface area contributed by atoms with Crippen LogP contribution in [0.3, 0.4) is 0 Å². The lowest BCUT2D eigenvalue weighted by Crippen LogP contribution is -2.19. The maximum atomic E-state index is 14.3. The van der Waals surface area contributed by atoms with Gasteiger partial charge in [-0.25, -0.2) is 9.37 Å². The largest absolute Gasteiger partial charge is 0.434 e. The molecule has 0 unspecified atom stereocenters. The van der Waals surface area contributed by atoms with Crippen LogP contribution >= 0.6 is 11.6 Å². The molecule has 3 aromatic heterocycles. The van der Waals surface area contributed by atoms with E-state index in [9.17, 15) is 18.0 Å². The number of benzene rings is 1. The molecule has 0 saturated heterocycles. The van der Waals surface area contributed by atoms with Crippen molar-refractivity contribution < 1.29 is 22.7 Å². The van der Waals surface area contributed by atoms with Crippen molar-refractivity contribution in [2.75, 3.05) is 0 Å². The van der Waals surface area contributed by atoms with Crippen molar-refractivity contribution in [2.24, 2.45) is 0 Å². The van der Waals surface area contributed by atoms with Gasteiger partial charge in [-0.15, -0.1) is 0 Å². The number of ketones is 1. The van der Waals surface area contributed by atoms with Crippen molar-refractivity contribution in [3.63, 3.8) is 0 Å². The van der Waals surface area contributed by atoms with Crippen LogP contribution in [0.25, 0.3) is 22.2 Å². The number of alkyl halides is 2. The maximum absolute atomic E-state index is 14.3. The van der Waals surface area contributed by atoms with Crippen molar-refractivity contribution in [3.05, 3.63) is 64.5 Å². The summed E-state index contributed by atoms with van der Waals surface area (Å²) in [6, 6.07) is 4.30. The molecule has 4 aromatic rings. The molecule has 1 fully saturated rings. The number of ether oxygens (including phenoxy) is 1. The third kappa shape index (κ3) is 4.36. The maximum Gasteiger partial charge on any atom is 0.387 e. The number of nitrogens with one attached hydrogen (secondary N) is 1. The van der Waals surface area contributed by atoms with Gasteiger partial charge in [0.05, 0.1) is 17.3 Å². The molecule has 0 radical (unpaired) electrons. The van der Waals surface area contributed by atoms with Gasteiger partial charge in [0.15, 0.2) is 0 Å². The van der Waals surface area contributed by atoms with E-state index >= 15 is 0 Å². The van der Waals surface area contributed by atoms with E-state index in [0.717, 1.165) is 47.2 Å². The highest BCUT2D eigenvalue weighted by Gasteiger charge is 2.26. The van der Waals surface area contributed by atoms with Crippen LogP contribution in [0.5, 0.6) is 5.75 Å². The van der Waals surface area contributed by atoms with E-state index in [1.807, 2.05) is 17.7 Å². The van der Waals surface area contributed by atoms with E-state index in [1.54, 1.807) is 25.5 Å².